The van der Waals surface area contributed by atoms with E-state index in [1.54, 1.807) is 11.0 Å². The molecule has 0 aliphatic carbocycles. The number of benzene rings is 1. The summed E-state index contributed by atoms with van der Waals surface area (Å²) in [7, 11) is 0. The highest BCUT2D eigenvalue weighted by Gasteiger charge is 2.65. The Morgan fingerprint density at radius 3 is 2.89 bits per heavy atom. The van der Waals surface area contributed by atoms with Crippen LogP contribution in [0.2, 0.25) is 0 Å². The van der Waals surface area contributed by atoms with E-state index in [0.29, 0.717) is 31.8 Å². The maximum atomic E-state index is 12.9. The highest BCUT2D eigenvalue weighted by atomic mass is 16.5. The van der Waals surface area contributed by atoms with Crippen molar-refractivity contribution >= 4 is 11.8 Å². The Hall–Kier alpha value is -2.67. The Morgan fingerprint density at radius 1 is 1.33 bits per heavy atom. The molecule has 7 nitrogen and oxygen atoms in total. The molecule has 27 heavy (non-hydrogen) atoms. The van der Waals surface area contributed by atoms with Crippen molar-refractivity contribution in [3.8, 4) is 0 Å². The molecule has 0 bridgehead atoms. The van der Waals surface area contributed by atoms with Crippen molar-refractivity contribution in [1.29, 1.82) is 0 Å². The lowest BCUT2D eigenvalue weighted by Gasteiger charge is -2.33. The summed E-state index contributed by atoms with van der Waals surface area (Å²) in [5, 5.41) is 3.84. The first-order valence-electron chi connectivity index (χ1n) is 9.31. The molecule has 1 aromatic heterocycles. The molecule has 3 aliphatic rings. The lowest BCUT2D eigenvalue weighted by Crippen LogP contribution is -2.49. The average Bonchev–Trinajstić information content (AvgIpc) is 3.38. The minimum Gasteiger partial charge on any atom is -0.361 e. The molecule has 4 heterocycles. The van der Waals surface area contributed by atoms with Crippen LogP contribution in [-0.4, -0.2) is 51.7 Å². The van der Waals surface area contributed by atoms with Crippen molar-refractivity contribution in [2.45, 2.75) is 44.0 Å². The smallest absolute Gasteiger partial charge is 0.230 e. The van der Waals surface area contributed by atoms with Gasteiger partial charge in [-0.25, -0.2) is 0 Å². The molecule has 0 saturated carbocycles. The Kier molecular flexibility index (Phi) is 3.62. The van der Waals surface area contributed by atoms with Crippen LogP contribution in [0.4, 0.5) is 0 Å². The van der Waals surface area contributed by atoms with Gasteiger partial charge in [-0.05, 0) is 12.5 Å². The van der Waals surface area contributed by atoms with E-state index in [1.807, 2.05) is 42.2 Å². The molecule has 140 valence electrons. The maximum Gasteiger partial charge on any atom is 0.230 e. The number of carbonyl (C=O) groups excluding carboxylic acids is 2. The van der Waals surface area contributed by atoms with Crippen LogP contribution in [0.1, 0.15) is 35.9 Å². The Labute approximate surface area is 156 Å². The average molecular weight is 367 g/mol. The number of likely N-dealkylation sites (tertiary alicyclic amines) is 1. The molecule has 2 amide bonds. The largest absolute Gasteiger partial charge is 0.361 e. The van der Waals surface area contributed by atoms with Gasteiger partial charge in [-0.3, -0.25) is 9.59 Å². The number of aryl methyl sites for hydroxylation is 1. The minimum atomic E-state index is -0.690. The molecule has 2 aromatic rings. The van der Waals surface area contributed by atoms with Gasteiger partial charge in [0.1, 0.15) is 5.76 Å². The number of hydrogen-bond donors (Lipinski definition) is 0. The van der Waals surface area contributed by atoms with Crippen LogP contribution in [0.5, 0.6) is 0 Å². The van der Waals surface area contributed by atoms with Gasteiger partial charge < -0.3 is 19.1 Å². The van der Waals surface area contributed by atoms with Gasteiger partial charge in [0.25, 0.3) is 0 Å². The fourth-order valence-electron chi connectivity index (χ4n) is 4.81. The van der Waals surface area contributed by atoms with Crippen LogP contribution in [0.15, 0.2) is 40.9 Å². The number of amides is 2. The highest BCUT2D eigenvalue weighted by Crippen LogP contribution is 2.51. The molecular weight excluding hydrogens is 346 g/mol. The van der Waals surface area contributed by atoms with Crippen molar-refractivity contribution in [2.75, 3.05) is 13.2 Å². The molecule has 7 heteroatoms. The van der Waals surface area contributed by atoms with Gasteiger partial charge in [0.05, 0.1) is 37.2 Å². The van der Waals surface area contributed by atoms with E-state index >= 15 is 0 Å². The normalized spacial score (nSPS) is 29.3. The molecule has 3 saturated heterocycles. The SMILES string of the molecule is Cc1cc(CC(=O)N2CC[C@@]34OC[C@@H](c5ccccc5)N3C(=O)C[C@@H]24)on1. The molecular formula is C20H21N3O4. The van der Waals surface area contributed by atoms with E-state index in [9.17, 15) is 9.59 Å². The minimum absolute atomic E-state index is 0.0468. The van der Waals surface area contributed by atoms with Crippen LogP contribution >= 0.6 is 0 Å². The van der Waals surface area contributed by atoms with Crippen molar-refractivity contribution in [1.82, 2.24) is 15.0 Å². The molecule has 5 rings (SSSR count). The standard InChI is InChI=1S/C20H21N3O4/c1-13-9-15(27-21-13)10-18(24)22-8-7-20-17(22)11-19(25)23(20)16(12-26-20)14-5-3-2-4-6-14/h2-6,9,16-17H,7-8,10-12H2,1H3/t16-,17+,20-/m0/s1. The van der Waals surface area contributed by atoms with Crippen LogP contribution in [-0.2, 0) is 20.7 Å². The quantitative estimate of drug-likeness (QED) is 0.827. The van der Waals surface area contributed by atoms with Crippen molar-refractivity contribution in [3.05, 3.63) is 53.4 Å². The Morgan fingerprint density at radius 2 is 2.15 bits per heavy atom. The zero-order valence-corrected chi connectivity index (χ0v) is 15.1. The predicted octanol–water partition coefficient (Wildman–Crippen LogP) is 1.83. The van der Waals surface area contributed by atoms with E-state index in [4.69, 9.17) is 9.26 Å². The summed E-state index contributed by atoms with van der Waals surface area (Å²) < 4.78 is 11.4. The summed E-state index contributed by atoms with van der Waals surface area (Å²) in [6.07, 6.45) is 1.11. The Bertz CT molecular complexity index is 896. The van der Waals surface area contributed by atoms with Gasteiger partial charge in [-0.2, -0.15) is 0 Å². The second kappa shape index (κ2) is 5.92. The van der Waals surface area contributed by atoms with Gasteiger partial charge in [0.15, 0.2) is 5.72 Å². The number of hydrogen-bond acceptors (Lipinski definition) is 5. The summed E-state index contributed by atoms with van der Waals surface area (Å²) in [6.45, 7) is 2.88. The first-order chi connectivity index (χ1) is 13.1. The molecule has 0 unspecified atom stereocenters. The van der Waals surface area contributed by atoms with E-state index in [-0.39, 0.29) is 30.3 Å². The van der Waals surface area contributed by atoms with Crippen molar-refractivity contribution in [3.63, 3.8) is 0 Å². The molecule has 3 atom stereocenters. The summed E-state index contributed by atoms with van der Waals surface area (Å²) in [5.74, 6) is 0.558. The van der Waals surface area contributed by atoms with E-state index < -0.39 is 5.72 Å². The fraction of sp³-hybridized carbons (Fsp3) is 0.450. The molecule has 1 spiro atoms. The van der Waals surface area contributed by atoms with Gasteiger partial charge in [-0.15, -0.1) is 0 Å². The second-order valence-corrected chi connectivity index (χ2v) is 7.51. The zero-order valence-electron chi connectivity index (χ0n) is 15.1. The highest BCUT2D eigenvalue weighted by molar-refractivity contribution is 5.85. The Balaban J connectivity index is 1.40. The van der Waals surface area contributed by atoms with Gasteiger partial charge >= 0.3 is 0 Å². The third-order valence-electron chi connectivity index (χ3n) is 5.96. The van der Waals surface area contributed by atoms with Crippen LogP contribution < -0.4 is 0 Å². The second-order valence-electron chi connectivity index (χ2n) is 7.51. The van der Waals surface area contributed by atoms with E-state index in [0.717, 1.165) is 11.3 Å². The van der Waals surface area contributed by atoms with Gasteiger partial charge in [0, 0.05) is 19.0 Å². The van der Waals surface area contributed by atoms with E-state index in [1.165, 1.54) is 0 Å². The molecule has 3 aliphatic heterocycles. The van der Waals surface area contributed by atoms with Crippen LogP contribution in [0.25, 0.3) is 0 Å². The molecule has 3 fully saturated rings. The fourth-order valence-corrected chi connectivity index (χ4v) is 4.81. The van der Waals surface area contributed by atoms with Crippen molar-refractivity contribution < 1.29 is 18.8 Å². The summed E-state index contributed by atoms with van der Waals surface area (Å²) in [5.41, 5.74) is 1.14. The van der Waals surface area contributed by atoms with Crippen molar-refractivity contribution in [2.24, 2.45) is 0 Å². The van der Waals surface area contributed by atoms with Gasteiger partial charge in [-0.1, -0.05) is 35.5 Å². The lowest BCUT2D eigenvalue weighted by atomic mass is 10.0. The third-order valence-corrected chi connectivity index (χ3v) is 5.96. The van der Waals surface area contributed by atoms with Crippen LogP contribution in [0, 0.1) is 6.92 Å². The molecule has 0 radical (unpaired) electrons. The summed E-state index contributed by atoms with van der Waals surface area (Å²) in [4.78, 5) is 29.4. The molecule has 1 aromatic carbocycles. The number of nitrogens with zero attached hydrogens (tertiary/aromatic N) is 3. The first-order valence-corrected chi connectivity index (χ1v) is 9.31. The van der Waals surface area contributed by atoms with E-state index in [2.05, 4.69) is 5.16 Å². The predicted molar refractivity (Wildman–Crippen MR) is 94.4 cm³/mol. The number of ether oxygens (including phenoxy) is 1. The number of aromatic nitrogens is 1. The summed E-state index contributed by atoms with van der Waals surface area (Å²) in [6, 6.07) is 11.4. The zero-order chi connectivity index (χ0) is 18.6. The maximum absolute atomic E-state index is 12.9. The summed E-state index contributed by atoms with van der Waals surface area (Å²) >= 11 is 0. The topological polar surface area (TPSA) is 75.9 Å². The number of carbonyl (C=O) groups is 2. The molecule has 0 N–H and O–H groups in total. The number of rotatable bonds is 3. The lowest BCUT2D eigenvalue weighted by molar-refractivity contribution is -0.141. The first kappa shape index (κ1) is 16.5. The van der Waals surface area contributed by atoms with Gasteiger partial charge in [0.2, 0.25) is 11.8 Å². The monoisotopic (exact) mass is 367 g/mol. The van der Waals surface area contributed by atoms with Crippen LogP contribution in [0.3, 0.4) is 0 Å². The third kappa shape index (κ3) is 2.41.